The van der Waals surface area contributed by atoms with Gasteiger partial charge < -0.3 is 5.11 Å². The average Bonchev–Trinajstić information content (AvgIpc) is 2.34. The largest absolute Gasteiger partial charge is 0.507 e. The molecular formula is C14H13OS+. The molecule has 0 saturated carbocycles. The van der Waals surface area contributed by atoms with Crippen LogP contribution < -0.4 is 0 Å². The third-order valence-corrected chi connectivity index (χ3v) is 4.06. The molecule has 0 unspecified atom stereocenters. The summed E-state index contributed by atoms with van der Waals surface area (Å²) < 4.78 is 0. The topological polar surface area (TPSA) is 20.2 Å². The second-order valence-corrected chi connectivity index (χ2v) is 5.18. The molecule has 2 aromatic rings. The molecule has 0 atom stereocenters. The van der Waals surface area contributed by atoms with Gasteiger partial charge in [-0.1, -0.05) is 31.4 Å². The van der Waals surface area contributed by atoms with Crippen molar-refractivity contribution in [2.75, 3.05) is 0 Å². The fourth-order valence-corrected chi connectivity index (χ4v) is 2.86. The molecule has 0 aliphatic carbocycles. The van der Waals surface area contributed by atoms with Gasteiger partial charge in [-0.05, 0) is 18.2 Å². The maximum absolute atomic E-state index is 9.77. The first-order valence-electron chi connectivity index (χ1n) is 4.95. The van der Waals surface area contributed by atoms with Crippen molar-refractivity contribution < 1.29 is 5.11 Å². The summed E-state index contributed by atoms with van der Waals surface area (Å²) in [7, 11) is -0.168. The maximum atomic E-state index is 9.77. The minimum Gasteiger partial charge on any atom is -0.507 e. The summed E-state index contributed by atoms with van der Waals surface area (Å²) in [6, 6.07) is 11.5. The highest BCUT2D eigenvalue weighted by molar-refractivity contribution is 8.02. The van der Waals surface area contributed by atoms with Gasteiger partial charge in [-0.25, -0.2) is 0 Å². The van der Waals surface area contributed by atoms with Crippen molar-refractivity contribution in [2.24, 2.45) is 0 Å². The van der Waals surface area contributed by atoms with Crippen LogP contribution in [0.4, 0.5) is 0 Å². The molecule has 1 N–H and O–H groups in total. The van der Waals surface area contributed by atoms with Crippen LogP contribution in [0.25, 0.3) is 10.8 Å². The molecular weight excluding hydrogens is 216 g/mol. The fraction of sp³-hybridized carbons (Fsp3) is 0. The Morgan fingerprint density at radius 1 is 0.938 bits per heavy atom. The number of phenols is 1. The van der Waals surface area contributed by atoms with Crippen LogP contribution in [-0.4, -0.2) is 5.11 Å². The van der Waals surface area contributed by atoms with Crippen molar-refractivity contribution in [3.8, 4) is 5.75 Å². The van der Waals surface area contributed by atoms with E-state index < -0.39 is 0 Å². The molecule has 0 aliphatic heterocycles. The van der Waals surface area contributed by atoms with Crippen molar-refractivity contribution in [2.45, 2.75) is 4.90 Å². The second-order valence-electron chi connectivity index (χ2n) is 3.33. The van der Waals surface area contributed by atoms with E-state index in [4.69, 9.17) is 0 Å². The second kappa shape index (κ2) is 4.45. The molecule has 0 radical (unpaired) electrons. The molecule has 80 valence electrons. The Bertz CT molecular complexity index is 537. The fourth-order valence-electron chi connectivity index (χ4n) is 1.71. The van der Waals surface area contributed by atoms with E-state index in [1.165, 1.54) is 0 Å². The summed E-state index contributed by atoms with van der Waals surface area (Å²) in [5.41, 5.74) is 0. The van der Waals surface area contributed by atoms with Gasteiger partial charge in [-0.2, -0.15) is 0 Å². The molecule has 0 heterocycles. The lowest BCUT2D eigenvalue weighted by molar-refractivity contribution is 0.481. The summed E-state index contributed by atoms with van der Waals surface area (Å²) in [5.74, 6) is 0.316. The van der Waals surface area contributed by atoms with Gasteiger partial charge in [-0.15, -0.1) is 0 Å². The zero-order chi connectivity index (χ0) is 11.5. The Labute approximate surface area is 98.1 Å². The zero-order valence-electron chi connectivity index (χ0n) is 8.89. The number of hydrogen-bond donors (Lipinski definition) is 1. The van der Waals surface area contributed by atoms with Gasteiger partial charge in [0.25, 0.3) is 0 Å². The summed E-state index contributed by atoms with van der Waals surface area (Å²) in [4.78, 5) is 1.15. The zero-order valence-corrected chi connectivity index (χ0v) is 9.70. The van der Waals surface area contributed by atoms with E-state index >= 15 is 0 Å². The number of hydrogen-bond acceptors (Lipinski definition) is 1. The molecule has 0 spiro atoms. The smallest absolute Gasteiger partial charge is 0.173 e. The van der Waals surface area contributed by atoms with Crippen LogP contribution in [0.1, 0.15) is 0 Å². The maximum Gasteiger partial charge on any atom is 0.173 e. The van der Waals surface area contributed by atoms with Crippen molar-refractivity contribution in [3.63, 3.8) is 0 Å². The summed E-state index contributed by atoms with van der Waals surface area (Å²) in [6.07, 6.45) is 0. The molecule has 0 fully saturated rings. The van der Waals surface area contributed by atoms with Gasteiger partial charge in [0.2, 0.25) is 0 Å². The third kappa shape index (κ3) is 1.72. The lowest BCUT2D eigenvalue weighted by Crippen LogP contribution is -1.94. The lowest BCUT2D eigenvalue weighted by atomic mass is 10.1. The number of aromatic hydroxyl groups is 1. The minimum absolute atomic E-state index is 0.168. The summed E-state index contributed by atoms with van der Waals surface area (Å²) >= 11 is 0. The predicted octanol–water partition coefficient (Wildman–Crippen LogP) is 3.81. The first-order valence-corrected chi connectivity index (χ1v) is 6.30. The van der Waals surface area contributed by atoms with E-state index in [-0.39, 0.29) is 10.9 Å². The van der Waals surface area contributed by atoms with Crippen LogP contribution in [-0.2, 0) is 10.9 Å². The Kier molecular flexibility index (Phi) is 3.02. The molecule has 0 bridgehead atoms. The number of benzene rings is 2. The molecule has 2 aromatic carbocycles. The van der Waals surface area contributed by atoms with Gasteiger partial charge in [0, 0.05) is 10.8 Å². The minimum atomic E-state index is -0.168. The van der Waals surface area contributed by atoms with E-state index in [1.54, 1.807) is 6.07 Å². The van der Waals surface area contributed by atoms with Crippen LogP contribution in [0.5, 0.6) is 5.75 Å². The normalized spacial score (nSPS) is 10.6. The standard InChI is InChI=1S/C14H12OS/c1-3-16(4-2)14-10-9-13(15)11-7-5-6-8-12(11)14/h3-10H,1-2H2/p+1. The predicted molar refractivity (Wildman–Crippen MR) is 71.6 cm³/mol. The molecule has 2 heteroatoms. The SMILES string of the molecule is C=C[S+](C=C)c1ccc(O)c2ccccc12. The number of phenolic OH excluding ortho intramolecular Hbond substituents is 1. The number of rotatable bonds is 3. The van der Waals surface area contributed by atoms with Crippen molar-refractivity contribution in [3.05, 3.63) is 60.4 Å². The number of fused-ring (bicyclic) bond motifs is 1. The van der Waals surface area contributed by atoms with Gasteiger partial charge in [0.15, 0.2) is 4.90 Å². The van der Waals surface area contributed by atoms with Crippen LogP contribution in [0, 0.1) is 0 Å². The highest BCUT2D eigenvalue weighted by Gasteiger charge is 2.18. The average molecular weight is 229 g/mol. The van der Waals surface area contributed by atoms with Crippen molar-refractivity contribution >= 4 is 21.7 Å². The summed E-state index contributed by atoms with van der Waals surface area (Å²) in [6.45, 7) is 7.63. The highest BCUT2D eigenvalue weighted by Crippen LogP contribution is 2.31. The van der Waals surface area contributed by atoms with Crippen molar-refractivity contribution in [1.82, 2.24) is 0 Å². The molecule has 0 aromatic heterocycles. The summed E-state index contributed by atoms with van der Waals surface area (Å²) in [5, 5.41) is 15.5. The molecule has 1 nitrogen and oxygen atoms in total. The van der Waals surface area contributed by atoms with Crippen molar-refractivity contribution in [1.29, 1.82) is 0 Å². The molecule has 0 saturated heterocycles. The van der Waals surface area contributed by atoms with Gasteiger partial charge in [-0.3, -0.25) is 0 Å². The lowest BCUT2D eigenvalue weighted by Gasteiger charge is -2.04. The third-order valence-electron chi connectivity index (χ3n) is 2.47. The van der Waals surface area contributed by atoms with E-state index in [0.717, 1.165) is 15.7 Å². The Hall–Kier alpha value is -1.67. The van der Waals surface area contributed by atoms with E-state index in [1.807, 2.05) is 41.1 Å². The first kappa shape index (κ1) is 10.8. The van der Waals surface area contributed by atoms with Crippen LogP contribution in [0.2, 0.25) is 0 Å². The quantitative estimate of drug-likeness (QED) is 0.793. The molecule has 2 rings (SSSR count). The van der Waals surface area contributed by atoms with Gasteiger partial charge in [0.1, 0.15) is 16.6 Å². The van der Waals surface area contributed by atoms with Crippen LogP contribution in [0.15, 0.2) is 65.3 Å². The molecule has 16 heavy (non-hydrogen) atoms. The van der Waals surface area contributed by atoms with E-state index in [2.05, 4.69) is 13.2 Å². The molecule has 0 amide bonds. The van der Waals surface area contributed by atoms with E-state index in [9.17, 15) is 5.11 Å². The Morgan fingerprint density at radius 2 is 1.56 bits per heavy atom. The van der Waals surface area contributed by atoms with Gasteiger partial charge in [0.05, 0.1) is 10.9 Å². The molecule has 0 aliphatic rings. The van der Waals surface area contributed by atoms with Gasteiger partial charge >= 0.3 is 0 Å². The van der Waals surface area contributed by atoms with Crippen LogP contribution in [0.3, 0.4) is 0 Å². The Morgan fingerprint density at radius 3 is 2.19 bits per heavy atom. The van der Waals surface area contributed by atoms with Crippen LogP contribution >= 0.6 is 0 Å². The highest BCUT2D eigenvalue weighted by atomic mass is 32.2. The van der Waals surface area contributed by atoms with E-state index in [0.29, 0.717) is 5.75 Å². The monoisotopic (exact) mass is 229 g/mol. The Balaban J connectivity index is 2.76. The first-order chi connectivity index (χ1) is 7.77.